The number of hydrogen-bond acceptors (Lipinski definition) is 4. The number of aryl methyl sites for hydroxylation is 1. The molecule has 1 aromatic heterocycles. The molecule has 1 aliphatic heterocycles. The van der Waals surface area contributed by atoms with Crippen LogP contribution in [0.1, 0.15) is 18.1 Å². The third kappa shape index (κ3) is 4.74. The van der Waals surface area contributed by atoms with Crippen LogP contribution in [-0.4, -0.2) is 53.0 Å². The highest BCUT2D eigenvalue weighted by molar-refractivity contribution is 6.30. The summed E-state index contributed by atoms with van der Waals surface area (Å²) in [4.78, 5) is 21.0. The summed E-state index contributed by atoms with van der Waals surface area (Å²) in [6.45, 7) is 7.78. The number of piperazine rings is 1. The van der Waals surface area contributed by atoms with Crippen molar-refractivity contribution in [1.29, 1.82) is 0 Å². The average Bonchev–Trinajstić information content (AvgIpc) is 2.65. The SMILES string of the molecule is Cc1cc(Cl)ccc1OC(C)C(=O)N1CCN(Cc2ccncc2)CC1. The molecule has 2 heterocycles. The normalized spacial score (nSPS) is 16.3. The molecule has 1 aromatic carbocycles. The van der Waals surface area contributed by atoms with Crippen molar-refractivity contribution in [2.24, 2.45) is 0 Å². The first kappa shape index (κ1) is 18.7. The number of ether oxygens (including phenoxy) is 1. The summed E-state index contributed by atoms with van der Waals surface area (Å²) in [6.07, 6.45) is 3.11. The van der Waals surface area contributed by atoms with E-state index in [1.54, 1.807) is 13.0 Å². The Balaban J connectivity index is 1.51. The van der Waals surface area contributed by atoms with E-state index < -0.39 is 6.10 Å². The van der Waals surface area contributed by atoms with Gasteiger partial charge >= 0.3 is 0 Å². The van der Waals surface area contributed by atoms with Crippen LogP contribution in [0.4, 0.5) is 0 Å². The van der Waals surface area contributed by atoms with E-state index in [9.17, 15) is 4.79 Å². The van der Waals surface area contributed by atoms with Gasteiger partial charge in [-0.15, -0.1) is 0 Å². The highest BCUT2D eigenvalue weighted by atomic mass is 35.5. The largest absolute Gasteiger partial charge is 0.481 e. The summed E-state index contributed by atoms with van der Waals surface area (Å²) in [7, 11) is 0. The minimum atomic E-state index is -0.512. The maximum Gasteiger partial charge on any atom is 0.263 e. The molecule has 2 aromatic rings. The van der Waals surface area contributed by atoms with E-state index in [0.29, 0.717) is 10.8 Å². The number of nitrogens with zero attached hydrogens (tertiary/aromatic N) is 3. The second-order valence-electron chi connectivity index (χ2n) is 6.63. The van der Waals surface area contributed by atoms with Gasteiger partial charge < -0.3 is 9.64 Å². The second kappa shape index (κ2) is 8.52. The van der Waals surface area contributed by atoms with E-state index in [0.717, 1.165) is 38.3 Å². The topological polar surface area (TPSA) is 45.7 Å². The van der Waals surface area contributed by atoms with Crippen molar-refractivity contribution in [3.8, 4) is 5.75 Å². The highest BCUT2D eigenvalue weighted by Crippen LogP contribution is 2.23. The molecule has 0 saturated carbocycles. The molecule has 0 aliphatic carbocycles. The van der Waals surface area contributed by atoms with Crippen molar-refractivity contribution >= 4 is 17.5 Å². The van der Waals surface area contributed by atoms with E-state index in [1.165, 1.54) is 5.56 Å². The van der Waals surface area contributed by atoms with E-state index >= 15 is 0 Å². The average molecular weight is 374 g/mol. The second-order valence-corrected chi connectivity index (χ2v) is 7.06. The third-order valence-corrected chi connectivity index (χ3v) is 4.86. The molecular weight excluding hydrogens is 350 g/mol. The van der Waals surface area contributed by atoms with E-state index in [4.69, 9.17) is 16.3 Å². The molecule has 1 amide bonds. The van der Waals surface area contributed by atoms with Crippen LogP contribution >= 0.6 is 11.6 Å². The molecule has 1 aliphatic rings. The van der Waals surface area contributed by atoms with Crippen LogP contribution < -0.4 is 4.74 Å². The molecular formula is C20H24ClN3O2. The summed E-state index contributed by atoms with van der Waals surface area (Å²) < 4.78 is 5.87. The molecule has 3 rings (SSSR count). The van der Waals surface area contributed by atoms with Crippen molar-refractivity contribution in [2.75, 3.05) is 26.2 Å². The summed E-state index contributed by atoms with van der Waals surface area (Å²) in [5.41, 5.74) is 2.18. The van der Waals surface area contributed by atoms with Crippen LogP contribution in [0.25, 0.3) is 0 Å². The Hall–Kier alpha value is -2.11. The van der Waals surface area contributed by atoms with Gasteiger partial charge in [-0.1, -0.05) is 11.6 Å². The van der Waals surface area contributed by atoms with Gasteiger partial charge in [-0.25, -0.2) is 0 Å². The maximum absolute atomic E-state index is 12.7. The van der Waals surface area contributed by atoms with Crippen LogP contribution in [-0.2, 0) is 11.3 Å². The lowest BCUT2D eigenvalue weighted by molar-refractivity contribution is -0.139. The molecule has 1 atom stereocenters. The first-order valence-corrected chi connectivity index (χ1v) is 9.23. The molecule has 1 fully saturated rings. The number of hydrogen-bond donors (Lipinski definition) is 0. The molecule has 0 N–H and O–H groups in total. The van der Waals surface area contributed by atoms with Crippen molar-refractivity contribution in [1.82, 2.24) is 14.8 Å². The number of halogens is 1. The molecule has 0 radical (unpaired) electrons. The zero-order valence-electron chi connectivity index (χ0n) is 15.2. The van der Waals surface area contributed by atoms with Gasteiger partial charge in [0, 0.05) is 50.1 Å². The number of benzene rings is 1. The van der Waals surface area contributed by atoms with Crippen molar-refractivity contribution < 1.29 is 9.53 Å². The minimum absolute atomic E-state index is 0.0305. The number of pyridine rings is 1. The Bertz CT molecular complexity index is 746. The summed E-state index contributed by atoms with van der Waals surface area (Å²) in [5, 5.41) is 0.666. The predicted molar refractivity (Wildman–Crippen MR) is 102 cm³/mol. The maximum atomic E-state index is 12.7. The van der Waals surface area contributed by atoms with E-state index in [-0.39, 0.29) is 5.91 Å². The lowest BCUT2D eigenvalue weighted by Gasteiger charge is -2.36. The molecule has 26 heavy (non-hydrogen) atoms. The fraction of sp³-hybridized carbons (Fsp3) is 0.400. The Morgan fingerprint density at radius 1 is 1.19 bits per heavy atom. The Morgan fingerprint density at radius 3 is 2.54 bits per heavy atom. The van der Waals surface area contributed by atoms with Crippen molar-refractivity contribution in [3.05, 3.63) is 58.9 Å². The lowest BCUT2D eigenvalue weighted by atomic mass is 10.2. The number of aromatic nitrogens is 1. The third-order valence-electron chi connectivity index (χ3n) is 4.63. The number of carbonyl (C=O) groups is 1. The summed E-state index contributed by atoms with van der Waals surface area (Å²) >= 11 is 5.97. The number of amides is 1. The molecule has 0 spiro atoms. The first-order valence-electron chi connectivity index (χ1n) is 8.86. The van der Waals surface area contributed by atoms with Gasteiger partial charge in [-0.3, -0.25) is 14.7 Å². The molecule has 6 heteroatoms. The standard InChI is InChI=1S/C20H24ClN3O2/c1-15-13-18(21)3-4-19(15)26-16(2)20(25)24-11-9-23(10-12-24)14-17-5-7-22-8-6-17/h3-8,13,16H,9-12,14H2,1-2H3. The Labute approximate surface area is 159 Å². The molecule has 1 saturated heterocycles. The Morgan fingerprint density at radius 2 is 1.88 bits per heavy atom. The quantitative estimate of drug-likeness (QED) is 0.807. The van der Waals surface area contributed by atoms with E-state index in [1.807, 2.05) is 48.5 Å². The van der Waals surface area contributed by atoms with Gasteiger partial charge in [-0.2, -0.15) is 0 Å². The fourth-order valence-corrected chi connectivity index (χ4v) is 3.34. The summed E-state index contributed by atoms with van der Waals surface area (Å²) in [6, 6.07) is 9.49. The van der Waals surface area contributed by atoms with E-state index in [2.05, 4.69) is 9.88 Å². The minimum Gasteiger partial charge on any atom is -0.481 e. The van der Waals surface area contributed by atoms with Crippen LogP contribution in [0.2, 0.25) is 5.02 Å². The smallest absolute Gasteiger partial charge is 0.263 e. The van der Waals surface area contributed by atoms with Crippen LogP contribution in [0.5, 0.6) is 5.75 Å². The monoisotopic (exact) mass is 373 g/mol. The zero-order valence-corrected chi connectivity index (χ0v) is 15.9. The molecule has 1 unspecified atom stereocenters. The number of carbonyl (C=O) groups excluding carboxylic acids is 1. The highest BCUT2D eigenvalue weighted by Gasteiger charge is 2.26. The number of rotatable bonds is 5. The van der Waals surface area contributed by atoms with Gasteiger partial charge in [0.1, 0.15) is 5.75 Å². The van der Waals surface area contributed by atoms with Crippen molar-refractivity contribution in [2.45, 2.75) is 26.5 Å². The van der Waals surface area contributed by atoms with Gasteiger partial charge in [0.2, 0.25) is 0 Å². The van der Waals surface area contributed by atoms with Gasteiger partial charge in [0.15, 0.2) is 6.10 Å². The van der Waals surface area contributed by atoms with Crippen LogP contribution in [0.3, 0.4) is 0 Å². The fourth-order valence-electron chi connectivity index (χ4n) is 3.12. The van der Waals surface area contributed by atoms with Crippen molar-refractivity contribution in [3.63, 3.8) is 0 Å². The molecule has 138 valence electrons. The lowest BCUT2D eigenvalue weighted by Crippen LogP contribution is -2.51. The zero-order chi connectivity index (χ0) is 18.5. The predicted octanol–water partition coefficient (Wildman–Crippen LogP) is 3.16. The van der Waals surface area contributed by atoms with Crippen LogP contribution in [0, 0.1) is 6.92 Å². The van der Waals surface area contributed by atoms with Gasteiger partial charge in [0.25, 0.3) is 5.91 Å². The Kier molecular flexibility index (Phi) is 6.12. The molecule has 5 nitrogen and oxygen atoms in total. The first-order chi connectivity index (χ1) is 12.5. The van der Waals surface area contributed by atoms with Crippen LogP contribution in [0.15, 0.2) is 42.7 Å². The molecule has 0 bridgehead atoms. The van der Waals surface area contributed by atoms with Gasteiger partial charge in [-0.05, 0) is 55.3 Å². The van der Waals surface area contributed by atoms with Gasteiger partial charge in [0.05, 0.1) is 0 Å². The summed E-state index contributed by atoms with van der Waals surface area (Å²) in [5.74, 6) is 0.731.